The van der Waals surface area contributed by atoms with Crippen molar-refractivity contribution >= 4 is 15.9 Å². The number of hydrogen-bond donors (Lipinski definition) is 1. The standard InChI is InChI=1S/C17H26N2O3S/c1-13-8-9-19(11-14(13)2)17(20)18-10-15-6-4-5-7-16(15)12-23(3,21)22/h4-7,13-14H,8-12H2,1-3H3,(H,18,20)/t13-,14+/m1/s1. The normalized spacial score (nSPS) is 22.0. The van der Waals surface area contributed by atoms with Crippen LogP contribution in [0.15, 0.2) is 24.3 Å². The van der Waals surface area contributed by atoms with Gasteiger partial charge in [0.05, 0.1) is 5.75 Å². The van der Waals surface area contributed by atoms with E-state index in [0.717, 1.165) is 30.6 Å². The Kier molecular flexibility index (Phi) is 5.68. The van der Waals surface area contributed by atoms with Crippen molar-refractivity contribution in [3.63, 3.8) is 0 Å². The summed E-state index contributed by atoms with van der Waals surface area (Å²) in [5, 5.41) is 2.92. The van der Waals surface area contributed by atoms with Crippen LogP contribution in [0.5, 0.6) is 0 Å². The molecule has 1 aliphatic rings. The zero-order valence-corrected chi connectivity index (χ0v) is 14.9. The number of sulfone groups is 1. The number of hydrogen-bond acceptors (Lipinski definition) is 3. The maximum atomic E-state index is 12.3. The Hall–Kier alpha value is -1.56. The highest BCUT2D eigenvalue weighted by Gasteiger charge is 2.25. The summed E-state index contributed by atoms with van der Waals surface area (Å²) < 4.78 is 23.0. The van der Waals surface area contributed by atoms with E-state index in [0.29, 0.717) is 18.4 Å². The fourth-order valence-electron chi connectivity index (χ4n) is 2.88. The Morgan fingerprint density at radius 2 is 1.87 bits per heavy atom. The largest absolute Gasteiger partial charge is 0.334 e. The monoisotopic (exact) mass is 338 g/mol. The summed E-state index contributed by atoms with van der Waals surface area (Å²) in [7, 11) is -3.10. The van der Waals surface area contributed by atoms with E-state index in [-0.39, 0.29) is 11.8 Å². The topological polar surface area (TPSA) is 66.5 Å². The molecule has 0 unspecified atom stereocenters. The van der Waals surface area contributed by atoms with Crippen LogP contribution in [-0.4, -0.2) is 38.7 Å². The van der Waals surface area contributed by atoms with Gasteiger partial charge in [0.2, 0.25) is 0 Å². The van der Waals surface area contributed by atoms with Crippen LogP contribution in [0.3, 0.4) is 0 Å². The minimum absolute atomic E-state index is 0.00267. The van der Waals surface area contributed by atoms with Gasteiger partial charge in [-0.1, -0.05) is 38.1 Å². The minimum atomic E-state index is -3.10. The van der Waals surface area contributed by atoms with Crippen LogP contribution in [0, 0.1) is 11.8 Å². The van der Waals surface area contributed by atoms with E-state index in [1.807, 2.05) is 23.1 Å². The van der Waals surface area contributed by atoms with E-state index in [9.17, 15) is 13.2 Å². The summed E-state index contributed by atoms with van der Waals surface area (Å²) in [6, 6.07) is 7.27. The van der Waals surface area contributed by atoms with Gasteiger partial charge in [-0.3, -0.25) is 0 Å². The zero-order valence-electron chi connectivity index (χ0n) is 14.1. The molecule has 0 aromatic heterocycles. The number of piperidine rings is 1. The molecular weight excluding hydrogens is 312 g/mol. The first-order valence-corrected chi connectivity index (χ1v) is 10.1. The molecule has 5 nitrogen and oxygen atoms in total. The highest BCUT2D eigenvalue weighted by Crippen LogP contribution is 2.22. The molecule has 0 spiro atoms. The molecule has 0 radical (unpaired) electrons. The van der Waals surface area contributed by atoms with Gasteiger partial charge < -0.3 is 10.2 Å². The van der Waals surface area contributed by atoms with Crippen LogP contribution in [0.4, 0.5) is 4.79 Å². The first-order valence-electron chi connectivity index (χ1n) is 8.03. The number of nitrogens with one attached hydrogen (secondary N) is 1. The van der Waals surface area contributed by atoms with Crippen molar-refractivity contribution in [3.05, 3.63) is 35.4 Å². The Balaban J connectivity index is 1.97. The zero-order chi connectivity index (χ0) is 17.0. The molecule has 2 amide bonds. The first-order chi connectivity index (χ1) is 10.8. The highest BCUT2D eigenvalue weighted by atomic mass is 32.2. The van der Waals surface area contributed by atoms with E-state index in [4.69, 9.17) is 0 Å². The third-order valence-electron chi connectivity index (χ3n) is 4.59. The summed E-state index contributed by atoms with van der Waals surface area (Å²) in [5.74, 6) is 1.15. The summed E-state index contributed by atoms with van der Waals surface area (Å²) >= 11 is 0. The van der Waals surface area contributed by atoms with Gasteiger partial charge in [0.25, 0.3) is 0 Å². The predicted octanol–water partition coefficient (Wildman–Crippen LogP) is 2.42. The molecule has 1 aromatic carbocycles. The summed E-state index contributed by atoms with van der Waals surface area (Å²) in [6.07, 6.45) is 2.25. The van der Waals surface area contributed by atoms with E-state index in [1.54, 1.807) is 6.07 Å². The van der Waals surface area contributed by atoms with E-state index < -0.39 is 9.84 Å². The molecule has 23 heavy (non-hydrogen) atoms. The van der Waals surface area contributed by atoms with Crippen molar-refractivity contribution in [1.82, 2.24) is 10.2 Å². The lowest BCUT2D eigenvalue weighted by Crippen LogP contribution is -2.46. The second-order valence-corrected chi connectivity index (χ2v) is 8.83. The van der Waals surface area contributed by atoms with Gasteiger partial charge in [-0.15, -0.1) is 0 Å². The van der Waals surface area contributed by atoms with Crippen LogP contribution in [-0.2, 0) is 22.1 Å². The summed E-state index contributed by atoms with van der Waals surface area (Å²) in [5.41, 5.74) is 1.60. The van der Waals surface area contributed by atoms with Crippen LogP contribution in [0.25, 0.3) is 0 Å². The second-order valence-electron chi connectivity index (χ2n) is 6.69. The van der Waals surface area contributed by atoms with Gasteiger partial charge in [-0.05, 0) is 29.4 Å². The molecular formula is C17H26N2O3S. The molecule has 0 bridgehead atoms. The fourth-order valence-corrected chi connectivity index (χ4v) is 3.73. The number of amides is 2. The molecule has 1 fully saturated rings. The maximum Gasteiger partial charge on any atom is 0.317 e. The van der Waals surface area contributed by atoms with Crippen molar-refractivity contribution in [3.8, 4) is 0 Å². The van der Waals surface area contributed by atoms with Crippen LogP contribution >= 0.6 is 0 Å². The number of likely N-dealkylation sites (tertiary alicyclic amines) is 1. The van der Waals surface area contributed by atoms with Crippen molar-refractivity contribution in [2.45, 2.75) is 32.6 Å². The van der Waals surface area contributed by atoms with Crippen LogP contribution < -0.4 is 5.32 Å². The molecule has 1 heterocycles. The van der Waals surface area contributed by atoms with Gasteiger partial charge >= 0.3 is 6.03 Å². The lowest BCUT2D eigenvalue weighted by molar-refractivity contribution is 0.144. The smallest absolute Gasteiger partial charge is 0.317 e. The Morgan fingerprint density at radius 3 is 2.48 bits per heavy atom. The van der Waals surface area contributed by atoms with Crippen molar-refractivity contribution in [2.75, 3.05) is 19.3 Å². The highest BCUT2D eigenvalue weighted by molar-refractivity contribution is 7.89. The molecule has 128 valence electrons. The van der Waals surface area contributed by atoms with Crippen LogP contribution in [0.1, 0.15) is 31.4 Å². The number of rotatable bonds is 4. The SMILES string of the molecule is C[C@@H]1CCN(C(=O)NCc2ccccc2CS(C)(=O)=O)C[C@@H]1C. The molecule has 2 rings (SSSR count). The first kappa shape index (κ1) is 17.8. The van der Waals surface area contributed by atoms with E-state index in [1.165, 1.54) is 6.26 Å². The third-order valence-corrected chi connectivity index (χ3v) is 5.42. The van der Waals surface area contributed by atoms with E-state index >= 15 is 0 Å². The molecule has 1 aromatic rings. The summed E-state index contributed by atoms with van der Waals surface area (Å²) in [6.45, 7) is 6.30. The summed E-state index contributed by atoms with van der Waals surface area (Å²) in [4.78, 5) is 14.2. The van der Waals surface area contributed by atoms with Gasteiger partial charge in [-0.2, -0.15) is 0 Å². The van der Waals surface area contributed by atoms with E-state index in [2.05, 4.69) is 19.2 Å². The molecule has 0 aliphatic carbocycles. The lowest BCUT2D eigenvalue weighted by Gasteiger charge is -2.35. The second kappa shape index (κ2) is 7.34. The molecule has 6 heteroatoms. The number of urea groups is 1. The van der Waals surface area contributed by atoms with Crippen LogP contribution in [0.2, 0.25) is 0 Å². The Morgan fingerprint density at radius 1 is 1.22 bits per heavy atom. The lowest BCUT2D eigenvalue weighted by atomic mass is 9.89. The number of carbonyl (C=O) groups is 1. The number of nitrogens with zero attached hydrogens (tertiary/aromatic N) is 1. The maximum absolute atomic E-state index is 12.3. The third kappa shape index (κ3) is 5.23. The quantitative estimate of drug-likeness (QED) is 0.917. The average molecular weight is 338 g/mol. The minimum Gasteiger partial charge on any atom is -0.334 e. The van der Waals surface area contributed by atoms with Gasteiger partial charge in [0.15, 0.2) is 9.84 Å². The van der Waals surface area contributed by atoms with Gasteiger partial charge in [0.1, 0.15) is 0 Å². The number of benzene rings is 1. The molecule has 1 saturated heterocycles. The Labute approximate surface area is 139 Å². The molecule has 1 aliphatic heterocycles. The molecule has 2 atom stereocenters. The number of carbonyl (C=O) groups excluding carboxylic acids is 1. The Bertz CT molecular complexity index is 658. The van der Waals surface area contributed by atoms with Crippen molar-refractivity contribution < 1.29 is 13.2 Å². The predicted molar refractivity (Wildman–Crippen MR) is 91.7 cm³/mol. The van der Waals surface area contributed by atoms with Gasteiger partial charge in [-0.25, -0.2) is 13.2 Å². The van der Waals surface area contributed by atoms with Crippen molar-refractivity contribution in [2.24, 2.45) is 11.8 Å². The van der Waals surface area contributed by atoms with Crippen molar-refractivity contribution in [1.29, 1.82) is 0 Å². The fraction of sp³-hybridized carbons (Fsp3) is 0.588. The molecule has 1 N–H and O–H groups in total. The average Bonchev–Trinajstić information content (AvgIpc) is 2.47. The molecule has 0 saturated carbocycles. The van der Waals surface area contributed by atoms with Gasteiger partial charge in [0, 0.05) is 25.9 Å².